The predicted octanol–water partition coefficient (Wildman–Crippen LogP) is 3.82. The van der Waals surface area contributed by atoms with Crippen LogP contribution >= 0.6 is 0 Å². The molecule has 0 spiro atoms. The fourth-order valence-electron chi connectivity index (χ4n) is 3.73. The van der Waals surface area contributed by atoms with Crippen LogP contribution in [0.25, 0.3) is 5.76 Å². The van der Waals surface area contributed by atoms with Gasteiger partial charge in [-0.25, -0.2) is 17.1 Å². The molecular weight excluding hydrogens is 459 g/mol. The first-order valence-electron chi connectivity index (χ1n) is 10.4. The van der Waals surface area contributed by atoms with E-state index >= 15 is 0 Å². The van der Waals surface area contributed by atoms with E-state index in [4.69, 9.17) is 0 Å². The Labute approximate surface area is 196 Å². The van der Waals surface area contributed by atoms with Crippen LogP contribution in [0.2, 0.25) is 0 Å². The molecule has 3 aromatic carbocycles. The molecule has 34 heavy (non-hydrogen) atoms. The monoisotopic (exact) mass is 480 g/mol. The van der Waals surface area contributed by atoms with Crippen molar-refractivity contribution in [3.05, 3.63) is 107 Å². The van der Waals surface area contributed by atoms with Gasteiger partial charge in [-0.2, -0.15) is 0 Å². The smallest absolute Gasteiger partial charge is 0.265 e. The van der Waals surface area contributed by atoms with Gasteiger partial charge in [0.2, 0.25) is 11.7 Å². The van der Waals surface area contributed by atoms with E-state index in [2.05, 4.69) is 5.32 Å². The van der Waals surface area contributed by atoms with E-state index in [1.807, 2.05) is 0 Å². The van der Waals surface area contributed by atoms with Crippen molar-refractivity contribution in [1.29, 1.82) is 0 Å². The zero-order valence-corrected chi connectivity index (χ0v) is 18.9. The Morgan fingerprint density at radius 2 is 1.62 bits per heavy atom. The van der Waals surface area contributed by atoms with Crippen LogP contribution in [0.4, 0.5) is 4.39 Å². The SMILES string of the molecule is CC(NC(=O)CN1/C(=C(/O)c2ccccc2)C(=O)c2ccccc2S1(=O)=O)c1ccc(F)cc1. The number of fused-ring (bicyclic) bond motifs is 1. The molecule has 0 aliphatic carbocycles. The first-order valence-corrected chi connectivity index (χ1v) is 11.8. The quantitative estimate of drug-likeness (QED) is 0.427. The number of hydrogen-bond donors (Lipinski definition) is 2. The predicted molar refractivity (Wildman–Crippen MR) is 124 cm³/mol. The lowest BCUT2D eigenvalue weighted by Gasteiger charge is -2.31. The molecular formula is C25H21FN2O5S. The standard InChI is InChI=1S/C25H21FN2O5S/c1-16(17-11-13-19(26)14-12-17)27-22(29)15-28-23(24(30)18-7-3-2-4-8-18)25(31)20-9-5-6-10-21(20)34(28,32)33/h2-14,16,30H,15H2,1H3,(H,27,29)/b24-23+. The number of Topliss-reactive ketones (excluding diaryl/α,β-unsaturated/α-hetero) is 1. The number of allylic oxidation sites excluding steroid dienone is 1. The highest BCUT2D eigenvalue weighted by atomic mass is 32.2. The number of aliphatic hydroxyl groups excluding tert-OH is 1. The lowest BCUT2D eigenvalue weighted by molar-refractivity contribution is -0.121. The van der Waals surface area contributed by atoms with Crippen molar-refractivity contribution in [2.24, 2.45) is 0 Å². The van der Waals surface area contributed by atoms with Crippen LogP contribution in [-0.2, 0) is 14.8 Å². The molecule has 9 heteroatoms. The Morgan fingerprint density at radius 3 is 2.29 bits per heavy atom. The van der Waals surface area contributed by atoms with Gasteiger partial charge in [0, 0.05) is 11.1 Å². The molecule has 4 rings (SSSR count). The Kier molecular flexibility index (Phi) is 6.21. The minimum atomic E-state index is -4.33. The number of carbonyl (C=O) groups excluding carboxylic acids is 2. The summed E-state index contributed by atoms with van der Waals surface area (Å²) in [6.07, 6.45) is 0. The highest BCUT2D eigenvalue weighted by Gasteiger charge is 2.42. The summed E-state index contributed by atoms with van der Waals surface area (Å²) in [5.41, 5.74) is 0.247. The van der Waals surface area contributed by atoms with E-state index in [9.17, 15) is 27.5 Å². The zero-order chi connectivity index (χ0) is 24.5. The molecule has 1 heterocycles. The number of sulfonamides is 1. The van der Waals surface area contributed by atoms with Gasteiger partial charge in [-0.15, -0.1) is 0 Å². The number of halogens is 1. The summed E-state index contributed by atoms with van der Waals surface area (Å²) < 4.78 is 40.7. The number of nitrogens with one attached hydrogen (secondary N) is 1. The zero-order valence-electron chi connectivity index (χ0n) is 18.1. The van der Waals surface area contributed by atoms with Crippen molar-refractivity contribution in [2.75, 3.05) is 6.54 Å². The van der Waals surface area contributed by atoms with Crippen LogP contribution in [0.1, 0.15) is 34.5 Å². The van der Waals surface area contributed by atoms with Crippen LogP contribution in [0.3, 0.4) is 0 Å². The Hall–Kier alpha value is -3.98. The van der Waals surface area contributed by atoms with E-state index in [0.717, 1.165) is 0 Å². The lowest BCUT2D eigenvalue weighted by Crippen LogP contribution is -2.45. The van der Waals surface area contributed by atoms with Crippen molar-refractivity contribution >= 4 is 27.5 Å². The number of carbonyl (C=O) groups is 2. The molecule has 1 aliphatic rings. The number of aliphatic hydroxyl groups is 1. The summed E-state index contributed by atoms with van der Waals surface area (Å²) in [6, 6.07) is 18.6. The van der Waals surface area contributed by atoms with Crippen LogP contribution in [0.5, 0.6) is 0 Å². The molecule has 1 unspecified atom stereocenters. The first kappa shape index (κ1) is 23.2. The molecule has 0 radical (unpaired) electrons. The normalized spacial score (nSPS) is 17.0. The van der Waals surface area contributed by atoms with Gasteiger partial charge in [-0.1, -0.05) is 54.6 Å². The second-order valence-corrected chi connectivity index (χ2v) is 9.57. The lowest BCUT2D eigenvalue weighted by atomic mass is 10.0. The third-order valence-electron chi connectivity index (χ3n) is 5.47. The molecule has 0 saturated carbocycles. The number of hydrogen-bond acceptors (Lipinski definition) is 5. The molecule has 1 amide bonds. The third-order valence-corrected chi connectivity index (χ3v) is 7.27. The van der Waals surface area contributed by atoms with Gasteiger partial charge in [0.1, 0.15) is 18.1 Å². The molecule has 3 aromatic rings. The van der Waals surface area contributed by atoms with Gasteiger partial charge < -0.3 is 10.4 Å². The molecule has 0 bridgehead atoms. The minimum absolute atomic E-state index is 0.0867. The fourth-order valence-corrected chi connectivity index (χ4v) is 5.36. The topological polar surface area (TPSA) is 104 Å². The molecule has 2 N–H and O–H groups in total. The minimum Gasteiger partial charge on any atom is -0.505 e. The van der Waals surface area contributed by atoms with E-state index in [-0.39, 0.29) is 16.0 Å². The Balaban J connectivity index is 1.74. The van der Waals surface area contributed by atoms with Crippen molar-refractivity contribution in [1.82, 2.24) is 9.62 Å². The molecule has 0 saturated heterocycles. The van der Waals surface area contributed by atoms with Gasteiger partial charge in [-0.05, 0) is 36.8 Å². The average Bonchev–Trinajstić information content (AvgIpc) is 2.83. The van der Waals surface area contributed by atoms with E-state index in [1.54, 1.807) is 25.1 Å². The van der Waals surface area contributed by atoms with Crippen LogP contribution < -0.4 is 5.32 Å². The highest BCUT2D eigenvalue weighted by Crippen LogP contribution is 2.35. The number of amides is 1. The summed E-state index contributed by atoms with van der Waals surface area (Å²) in [5.74, 6) is -2.40. The maximum Gasteiger partial charge on any atom is 0.265 e. The molecule has 7 nitrogen and oxygen atoms in total. The largest absolute Gasteiger partial charge is 0.505 e. The molecule has 0 fully saturated rings. The third kappa shape index (κ3) is 4.29. The van der Waals surface area contributed by atoms with E-state index < -0.39 is 51.6 Å². The van der Waals surface area contributed by atoms with E-state index in [0.29, 0.717) is 9.87 Å². The molecule has 1 aliphatic heterocycles. The number of nitrogens with zero attached hydrogens (tertiary/aromatic N) is 1. The van der Waals surface area contributed by atoms with Gasteiger partial charge in [0.05, 0.1) is 10.9 Å². The summed E-state index contributed by atoms with van der Waals surface area (Å²) in [5, 5.41) is 13.6. The van der Waals surface area contributed by atoms with Crippen LogP contribution in [-0.4, -0.2) is 36.1 Å². The maximum atomic E-state index is 13.4. The van der Waals surface area contributed by atoms with Crippen LogP contribution in [0.15, 0.2) is 89.5 Å². The van der Waals surface area contributed by atoms with Crippen molar-refractivity contribution in [3.63, 3.8) is 0 Å². The number of benzene rings is 3. The maximum absolute atomic E-state index is 13.4. The van der Waals surface area contributed by atoms with Gasteiger partial charge in [0.25, 0.3) is 10.0 Å². The van der Waals surface area contributed by atoms with Gasteiger partial charge in [0.15, 0.2) is 5.76 Å². The first-order chi connectivity index (χ1) is 16.2. The Morgan fingerprint density at radius 1 is 1.00 bits per heavy atom. The van der Waals surface area contributed by atoms with Gasteiger partial charge >= 0.3 is 0 Å². The molecule has 1 atom stereocenters. The second kappa shape index (κ2) is 9.11. The highest BCUT2D eigenvalue weighted by molar-refractivity contribution is 7.89. The summed E-state index contributed by atoms with van der Waals surface area (Å²) >= 11 is 0. The van der Waals surface area contributed by atoms with Crippen molar-refractivity contribution in [2.45, 2.75) is 17.9 Å². The number of rotatable bonds is 5. The summed E-state index contributed by atoms with van der Waals surface area (Å²) in [7, 11) is -4.33. The molecule has 0 aromatic heterocycles. The fraction of sp³-hybridized carbons (Fsp3) is 0.120. The van der Waals surface area contributed by atoms with Gasteiger partial charge in [-0.3, -0.25) is 9.59 Å². The van der Waals surface area contributed by atoms with E-state index in [1.165, 1.54) is 60.7 Å². The van der Waals surface area contributed by atoms with Crippen molar-refractivity contribution < 1.29 is 27.5 Å². The summed E-state index contributed by atoms with van der Waals surface area (Å²) in [4.78, 5) is 25.9. The Bertz CT molecular complexity index is 1390. The van der Waals surface area contributed by atoms with Crippen LogP contribution in [0, 0.1) is 5.82 Å². The summed E-state index contributed by atoms with van der Waals surface area (Å²) in [6.45, 7) is 0.925. The average molecular weight is 481 g/mol. The number of ketones is 1. The van der Waals surface area contributed by atoms with Crippen molar-refractivity contribution in [3.8, 4) is 0 Å². The second-order valence-electron chi connectivity index (χ2n) is 7.74. The molecule has 174 valence electrons.